The zero-order chi connectivity index (χ0) is 12.1. The van der Waals surface area contributed by atoms with E-state index in [9.17, 15) is 9.59 Å². The molecular formula is C11H11BrO4. The highest BCUT2D eigenvalue weighted by atomic mass is 79.9. The van der Waals surface area contributed by atoms with Gasteiger partial charge >= 0.3 is 11.9 Å². The Bertz CT molecular complexity index is 414. The third-order valence-electron chi connectivity index (χ3n) is 2.08. The molecule has 0 bridgehead atoms. The third kappa shape index (κ3) is 3.34. The number of ether oxygens (including phenoxy) is 1. The Kier molecular flexibility index (Phi) is 4.49. The van der Waals surface area contributed by atoms with E-state index in [1.165, 1.54) is 7.11 Å². The second kappa shape index (κ2) is 5.65. The molecule has 86 valence electrons. The van der Waals surface area contributed by atoms with Crippen LogP contribution in [0.15, 0.2) is 22.7 Å². The first-order valence-corrected chi connectivity index (χ1v) is 5.42. The summed E-state index contributed by atoms with van der Waals surface area (Å²) in [5.74, 6) is -1.29. The van der Waals surface area contributed by atoms with Crippen LogP contribution in [0.5, 0.6) is 0 Å². The smallest absolute Gasteiger partial charge is 0.337 e. The van der Waals surface area contributed by atoms with Crippen molar-refractivity contribution in [2.75, 3.05) is 7.11 Å². The Labute approximate surface area is 101 Å². The number of carbonyl (C=O) groups excluding carboxylic acids is 1. The second-order valence-corrected chi connectivity index (χ2v) is 4.05. The summed E-state index contributed by atoms with van der Waals surface area (Å²) in [4.78, 5) is 21.7. The van der Waals surface area contributed by atoms with Gasteiger partial charge in [0.25, 0.3) is 0 Å². The zero-order valence-electron chi connectivity index (χ0n) is 8.70. The lowest BCUT2D eigenvalue weighted by molar-refractivity contribution is -0.136. The van der Waals surface area contributed by atoms with Crippen LogP contribution in [0.25, 0.3) is 0 Å². The van der Waals surface area contributed by atoms with Crippen molar-refractivity contribution >= 4 is 27.9 Å². The third-order valence-corrected chi connectivity index (χ3v) is 2.85. The van der Waals surface area contributed by atoms with Crippen molar-refractivity contribution < 1.29 is 19.4 Å². The summed E-state index contributed by atoms with van der Waals surface area (Å²) < 4.78 is 5.38. The molecule has 0 saturated carbocycles. The Morgan fingerprint density at radius 3 is 2.69 bits per heavy atom. The lowest BCUT2D eigenvalue weighted by atomic mass is 10.1. The topological polar surface area (TPSA) is 63.6 Å². The van der Waals surface area contributed by atoms with Crippen LogP contribution >= 0.6 is 15.9 Å². The molecule has 0 aliphatic carbocycles. The van der Waals surface area contributed by atoms with Crippen LogP contribution in [0.3, 0.4) is 0 Å². The van der Waals surface area contributed by atoms with Crippen molar-refractivity contribution in [2.45, 2.75) is 12.8 Å². The van der Waals surface area contributed by atoms with E-state index >= 15 is 0 Å². The number of rotatable bonds is 4. The van der Waals surface area contributed by atoms with Crippen LogP contribution in [0.4, 0.5) is 0 Å². The average Bonchev–Trinajstić information content (AvgIpc) is 2.26. The van der Waals surface area contributed by atoms with Gasteiger partial charge in [-0.3, -0.25) is 4.79 Å². The number of aliphatic carboxylic acids is 1. The molecule has 16 heavy (non-hydrogen) atoms. The number of hydrogen-bond donors (Lipinski definition) is 1. The Balaban J connectivity index is 2.90. The number of carboxylic acids is 1. The van der Waals surface area contributed by atoms with Crippen molar-refractivity contribution in [2.24, 2.45) is 0 Å². The number of hydrogen-bond acceptors (Lipinski definition) is 3. The maximum Gasteiger partial charge on any atom is 0.337 e. The van der Waals surface area contributed by atoms with E-state index in [0.29, 0.717) is 12.0 Å². The largest absolute Gasteiger partial charge is 0.481 e. The monoisotopic (exact) mass is 286 g/mol. The molecule has 0 aromatic heterocycles. The number of esters is 1. The van der Waals surface area contributed by atoms with Crippen molar-refractivity contribution in [3.8, 4) is 0 Å². The van der Waals surface area contributed by atoms with E-state index in [2.05, 4.69) is 20.7 Å². The maximum atomic E-state index is 11.3. The van der Waals surface area contributed by atoms with Crippen LogP contribution in [-0.4, -0.2) is 24.2 Å². The molecule has 1 rings (SSSR count). The molecule has 0 radical (unpaired) electrons. The molecule has 0 aliphatic rings. The zero-order valence-corrected chi connectivity index (χ0v) is 10.3. The molecule has 0 atom stereocenters. The fourth-order valence-electron chi connectivity index (χ4n) is 1.25. The molecule has 0 aliphatic heterocycles. The summed E-state index contributed by atoms with van der Waals surface area (Å²) in [6, 6.07) is 4.97. The first kappa shape index (κ1) is 12.7. The fourth-order valence-corrected chi connectivity index (χ4v) is 1.70. The molecule has 1 N–H and O–H groups in total. The van der Waals surface area contributed by atoms with E-state index in [0.717, 1.165) is 10.0 Å². The lowest BCUT2D eigenvalue weighted by Gasteiger charge is -2.05. The molecule has 0 amide bonds. The standard InChI is InChI=1S/C11H11BrO4/c1-16-11(15)8-2-4-9(12)7(6-8)3-5-10(13)14/h2,4,6H,3,5H2,1H3,(H,13,14). The highest BCUT2D eigenvalue weighted by Gasteiger charge is 2.09. The SMILES string of the molecule is COC(=O)c1ccc(Br)c(CCC(=O)O)c1. The van der Waals surface area contributed by atoms with Gasteiger partial charge in [0.15, 0.2) is 0 Å². The molecule has 0 unspecified atom stereocenters. The van der Waals surface area contributed by atoms with Gasteiger partial charge in [0.1, 0.15) is 0 Å². The van der Waals surface area contributed by atoms with Gasteiger partial charge in [-0.25, -0.2) is 4.79 Å². The van der Waals surface area contributed by atoms with E-state index in [1.807, 2.05) is 0 Å². The fraction of sp³-hybridized carbons (Fsp3) is 0.273. The van der Waals surface area contributed by atoms with E-state index in [1.54, 1.807) is 18.2 Å². The molecule has 0 fully saturated rings. The molecule has 5 heteroatoms. The predicted octanol–water partition coefficient (Wildman–Crippen LogP) is 2.25. The predicted molar refractivity (Wildman–Crippen MR) is 61.4 cm³/mol. The number of methoxy groups -OCH3 is 1. The number of halogens is 1. The second-order valence-electron chi connectivity index (χ2n) is 3.19. The molecule has 0 saturated heterocycles. The molecular weight excluding hydrogens is 276 g/mol. The first-order chi connectivity index (χ1) is 7.54. The first-order valence-electron chi connectivity index (χ1n) is 4.63. The highest BCUT2D eigenvalue weighted by molar-refractivity contribution is 9.10. The minimum Gasteiger partial charge on any atom is -0.481 e. The minimum absolute atomic E-state index is 0.0310. The van der Waals surface area contributed by atoms with Gasteiger partial charge in [-0.15, -0.1) is 0 Å². The van der Waals surface area contributed by atoms with Crippen LogP contribution in [0, 0.1) is 0 Å². The summed E-state index contributed by atoms with van der Waals surface area (Å²) in [6.45, 7) is 0. The summed E-state index contributed by atoms with van der Waals surface area (Å²) >= 11 is 3.31. The van der Waals surface area contributed by atoms with Crippen molar-refractivity contribution in [3.05, 3.63) is 33.8 Å². The van der Waals surface area contributed by atoms with Crippen LogP contribution in [0.1, 0.15) is 22.3 Å². The summed E-state index contributed by atoms with van der Waals surface area (Å²) in [7, 11) is 1.31. The van der Waals surface area contributed by atoms with Crippen molar-refractivity contribution in [1.29, 1.82) is 0 Å². The van der Waals surface area contributed by atoms with Crippen LogP contribution in [0.2, 0.25) is 0 Å². The average molecular weight is 287 g/mol. The minimum atomic E-state index is -0.865. The van der Waals surface area contributed by atoms with Gasteiger partial charge in [0.05, 0.1) is 12.7 Å². The normalized spacial score (nSPS) is 9.88. The number of carbonyl (C=O) groups is 2. The molecule has 0 heterocycles. The van der Waals surface area contributed by atoms with Gasteiger partial charge in [0.2, 0.25) is 0 Å². The molecule has 4 nitrogen and oxygen atoms in total. The van der Waals surface area contributed by atoms with Crippen molar-refractivity contribution in [1.82, 2.24) is 0 Å². The van der Waals surface area contributed by atoms with Crippen molar-refractivity contribution in [3.63, 3.8) is 0 Å². The van der Waals surface area contributed by atoms with Gasteiger partial charge in [-0.05, 0) is 30.2 Å². The van der Waals surface area contributed by atoms with Gasteiger partial charge < -0.3 is 9.84 Å². The van der Waals surface area contributed by atoms with E-state index in [-0.39, 0.29) is 6.42 Å². The van der Waals surface area contributed by atoms with Gasteiger partial charge in [-0.2, -0.15) is 0 Å². The number of benzene rings is 1. The number of aryl methyl sites for hydroxylation is 1. The molecule has 1 aromatic rings. The van der Waals surface area contributed by atoms with Gasteiger partial charge in [0, 0.05) is 10.9 Å². The summed E-state index contributed by atoms with van der Waals surface area (Å²) in [5, 5.41) is 8.58. The van der Waals surface area contributed by atoms with Crippen LogP contribution < -0.4 is 0 Å². The number of carboxylic acid groups (broad SMARTS) is 1. The summed E-state index contributed by atoms with van der Waals surface area (Å²) in [5.41, 5.74) is 1.20. The highest BCUT2D eigenvalue weighted by Crippen LogP contribution is 2.20. The summed E-state index contributed by atoms with van der Waals surface area (Å²) in [6.07, 6.45) is 0.407. The van der Waals surface area contributed by atoms with Crippen LogP contribution in [-0.2, 0) is 16.0 Å². The molecule has 1 aromatic carbocycles. The molecule has 0 spiro atoms. The van der Waals surface area contributed by atoms with Gasteiger partial charge in [-0.1, -0.05) is 15.9 Å². The maximum absolute atomic E-state index is 11.3. The Hall–Kier alpha value is -1.36. The van der Waals surface area contributed by atoms with E-state index in [4.69, 9.17) is 5.11 Å². The van der Waals surface area contributed by atoms with E-state index < -0.39 is 11.9 Å². The quantitative estimate of drug-likeness (QED) is 0.863. The Morgan fingerprint density at radius 1 is 1.44 bits per heavy atom. The Morgan fingerprint density at radius 2 is 2.12 bits per heavy atom. The lowest BCUT2D eigenvalue weighted by Crippen LogP contribution is -2.03.